The number of carbonyl (C=O) groups excluding carboxylic acids is 1. The molecule has 15 heavy (non-hydrogen) atoms. The van der Waals surface area contributed by atoms with Crippen molar-refractivity contribution >= 4 is 17.7 Å². The number of carbonyl (C=O) groups is 1. The molecule has 0 bridgehead atoms. The van der Waals surface area contributed by atoms with Gasteiger partial charge >= 0.3 is 0 Å². The summed E-state index contributed by atoms with van der Waals surface area (Å²) in [4.78, 5) is 13.4. The van der Waals surface area contributed by atoms with Crippen molar-refractivity contribution in [3.8, 4) is 0 Å². The summed E-state index contributed by atoms with van der Waals surface area (Å²) >= 11 is 2.03. The minimum atomic E-state index is -0.0581. The first-order valence-electron chi connectivity index (χ1n) is 5.55. The van der Waals surface area contributed by atoms with E-state index in [2.05, 4.69) is 17.2 Å². The summed E-state index contributed by atoms with van der Waals surface area (Å²) in [5, 5.41) is 0. The number of rotatable bonds is 5. The molecule has 0 saturated carbocycles. The lowest BCUT2D eigenvalue weighted by atomic mass is 10.2. The Kier molecular flexibility index (Phi) is 6.05. The SMILES string of the molecule is CC1CSCCN1CCCCC(=O)NN. The average molecular weight is 231 g/mol. The van der Waals surface area contributed by atoms with Crippen LogP contribution in [0.1, 0.15) is 26.2 Å². The molecule has 1 rings (SSSR count). The first-order chi connectivity index (χ1) is 7.24. The summed E-state index contributed by atoms with van der Waals surface area (Å²) in [5.74, 6) is 7.43. The first kappa shape index (κ1) is 12.8. The largest absolute Gasteiger partial charge is 0.299 e. The van der Waals surface area contributed by atoms with Gasteiger partial charge in [-0.25, -0.2) is 5.84 Å². The second-order valence-corrected chi connectivity index (χ2v) is 5.13. The smallest absolute Gasteiger partial charge is 0.233 e. The highest BCUT2D eigenvalue weighted by molar-refractivity contribution is 7.99. The van der Waals surface area contributed by atoms with Crippen LogP contribution >= 0.6 is 11.8 Å². The second-order valence-electron chi connectivity index (χ2n) is 3.98. The molecule has 0 aromatic carbocycles. The summed E-state index contributed by atoms with van der Waals surface area (Å²) in [6.45, 7) is 4.58. The van der Waals surface area contributed by atoms with Crippen LogP contribution in [0, 0.1) is 0 Å². The fraction of sp³-hybridized carbons (Fsp3) is 0.900. The molecular formula is C10H21N3OS. The molecule has 1 unspecified atom stereocenters. The normalized spacial score (nSPS) is 22.7. The van der Waals surface area contributed by atoms with E-state index in [4.69, 9.17) is 5.84 Å². The monoisotopic (exact) mass is 231 g/mol. The number of hydrogen-bond acceptors (Lipinski definition) is 4. The van der Waals surface area contributed by atoms with Crippen LogP contribution < -0.4 is 11.3 Å². The van der Waals surface area contributed by atoms with E-state index in [-0.39, 0.29) is 5.91 Å². The lowest BCUT2D eigenvalue weighted by Crippen LogP contribution is -2.40. The molecule has 0 aromatic heterocycles. The summed E-state index contributed by atoms with van der Waals surface area (Å²) in [6, 6.07) is 0.687. The van der Waals surface area contributed by atoms with Crippen molar-refractivity contribution < 1.29 is 4.79 Å². The number of amides is 1. The van der Waals surface area contributed by atoms with Gasteiger partial charge in [0, 0.05) is 30.5 Å². The Morgan fingerprint density at radius 1 is 1.60 bits per heavy atom. The van der Waals surface area contributed by atoms with Crippen LogP contribution in [0.4, 0.5) is 0 Å². The summed E-state index contributed by atoms with van der Waals surface area (Å²) in [7, 11) is 0. The highest BCUT2D eigenvalue weighted by atomic mass is 32.2. The zero-order valence-electron chi connectivity index (χ0n) is 9.37. The molecule has 0 aromatic rings. The minimum absolute atomic E-state index is 0.0581. The molecule has 1 fully saturated rings. The highest BCUT2D eigenvalue weighted by Gasteiger charge is 2.17. The molecule has 4 nitrogen and oxygen atoms in total. The zero-order valence-corrected chi connectivity index (χ0v) is 10.2. The highest BCUT2D eigenvalue weighted by Crippen LogP contribution is 2.16. The fourth-order valence-corrected chi connectivity index (χ4v) is 2.85. The quantitative estimate of drug-likeness (QED) is 0.315. The molecule has 88 valence electrons. The van der Waals surface area contributed by atoms with Gasteiger partial charge in [-0.15, -0.1) is 0 Å². The molecule has 0 spiro atoms. The van der Waals surface area contributed by atoms with Crippen molar-refractivity contribution in [1.29, 1.82) is 0 Å². The van der Waals surface area contributed by atoms with Crippen molar-refractivity contribution in [2.45, 2.75) is 32.2 Å². The predicted octanol–water partition coefficient (Wildman–Crippen LogP) is 0.584. The molecule has 0 aliphatic carbocycles. The van der Waals surface area contributed by atoms with Gasteiger partial charge in [-0.1, -0.05) is 0 Å². The molecule has 1 heterocycles. The van der Waals surface area contributed by atoms with E-state index in [1.165, 1.54) is 18.1 Å². The van der Waals surface area contributed by atoms with Crippen LogP contribution in [0.3, 0.4) is 0 Å². The Morgan fingerprint density at radius 2 is 2.40 bits per heavy atom. The number of nitrogens with one attached hydrogen (secondary N) is 1. The zero-order chi connectivity index (χ0) is 11.1. The molecule has 3 N–H and O–H groups in total. The van der Waals surface area contributed by atoms with Crippen LogP contribution in [-0.2, 0) is 4.79 Å². The predicted molar refractivity (Wildman–Crippen MR) is 64.5 cm³/mol. The lowest BCUT2D eigenvalue weighted by molar-refractivity contribution is -0.121. The Morgan fingerprint density at radius 3 is 3.07 bits per heavy atom. The van der Waals surface area contributed by atoms with Gasteiger partial charge in [0.15, 0.2) is 0 Å². The van der Waals surface area contributed by atoms with Crippen LogP contribution in [0.5, 0.6) is 0 Å². The number of unbranched alkanes of at least 4 members (excludes halogenated alkanes) is 1. The lowest BCUT2D eigenvalue weighted by Gasteiger charge is -2.32. The molecule has 0 radical (unpaired) electrons. The first-order valence-corrected chi connectivity index (χ1v) is 6.70. The van der Waals surface area contributed by atoms with Crippen molar-refractivity contribution in [2.75, 3.05) is 24.6 Å². The van der Waals surface area contributed by atoms with Crippen molar-refractivity contribution in [1.82, 2.24) is 10.3 Å². The minimum Gasteiger partial charge on any atom is -0.299 e. The van der Waals surface area contributed by atoms with Gasteiger partial charge < -0.3 is 0 Å². The van der Waals surface area contributed by atoms with Crippen LogP contribution in [-0.4, -0.2) is 41.4 Å². The van der Waals surface area contributed by atoms with Gasteiger partial charge in [0.05, 0.1) is 0 Å². The molecule has 1 saturated heterocycles. The van der Waals surface area contributed by atoms with E-state index in [0.29, 0.717) is 12.5 Å². The van der Waals surface area contributed by atoms with E-state index in [9.17, 15) is 4.79 Å². The molecular weight excluding hydrogens is 210 g/mol. The summed E-state index contributed by atoms with van der Waals surface area (Å²) in [6.07, 6.45) is 2.56. The third-order valence-corrected chi connectivity index (χ3v) is 3.95. The standard InChI is InChI=1S/C10H21N3OS/c1-9-8-15-7-6-13(9)5-3-2-4-10(14)12-11/h9H,2-8,11H2,1H3,(H,12,14). The third-order valence-electron chi connectivity index (χ3n) is 2.77. The van der Waals surface area contributed by atoms with Crippen molar-refractivity contribution in [3.63, 3.8) is 0 Å². The van der Waals surface area contributed by atoms with Gasteiger partial charge in [0.2, 0.25) is 5.91 Å². The van der Waals surface area contributed by atoms with Gasteiger partial charge in [0.1, 0.15) is 0 Å². The maximum Gasteiger partial charge on any atom is 0.233 e. The van der Waals surface area contributed by atoms with E-state index in [0.717, 1.165) is 19.4 Å². The molecule has 1 amide bonds. The van der Waals surface area contributed by atoms with Gasteiger partial charge in [0.25, 0.3) is 0 Å². The summed E-state index contributed by atoms with van der Waals surface area (Å²) < 4.78 is 0. The Labute approximate surface area is 95.9 Å². The Hall–Kier alpha value is -0.260. The second kappa shape index (κ2) is 7.09. The van der Waals surface area contributed by atoms with E-state index in [1.807, 2.05) is 11.8 Å². The topological polar surface area (TPSA) is 58.4 Å². The fourth-order valence-electron chi connectivity index (χ4n) is 1.77. The number of nitrogens with two attached hydrogens (primary N) is 1. The van der Waals surface area contributed by atoms with Crippen LogP contribution in [0.15, 0.2) is 0 Å². The Bertz CT molecular complexity index is 201. The Balaban J connectivity index is 2.06. The van der Waals surface area contributed by atoms with Gasteiger partial charge in [-0.2, -0.15) is 11.8 Å². The summed E-state index contributed by atoms with van der Waals surface area (Å²) in [5.41, 5.74) is 2.16. The number of hydrogen-bond donors (Lipinski definition) is 2. The van der Waals surface area contributed by atoms with Gasteiger partial charge in [-0.3, -0.25) is 15.1 Å². The number of thioether (sulfide) groups is 1. The van der Waals surface area contributed by atoms with E-state index < -0.39 is 0 Å². The maximum absolute atomic E-state index is 10.9. The number of hydrazine groups is 1. The molecule has 1 aliphatic rings. The van der Waals surface area contributed by atoms with Crippen LogP contribution in [0.2, 0.25) is 0 Å². The van der Waals surface area contributed by atoms with Gasteiger partial charge in [-0.05, 0) is 26.3 Å². The van der Waals surface area contributed by atoms with E-state index >= 15 is 0 Å². The van der Waals surface area contributed by atoms with Crippen molar-refractivity contribution in [3.05, 3.63) is 0 Å². The molecule has 5 heteroatoms. The average Bonchev–Trinajstić information content (AvgIpc) is 2.26. The maximum atomic E-state index is 10.9. The van der Waals surface area contributed by atoms with E-state index in [1.54, 1.807) is 0 Å². The third kappa shape index (κ3) is 4.86. The van der Waals surface area contributed by atoms with Crippen LogP contribution in [0.25, 0.3) is 0 Å². The molecule has 1 atom stereocenters. The number of nitrogens with zero attached hydrogens (tertiary/aromatic N) is 1. The molecule has 1 aliphatic heterocycles. The van der Waals surface area contributed by atoms with Crippen molar-refractivity contribution in [2.24, 2.45) is 5.84 Å².